The standard InChI is InChI=1S/C14H12N2O5/c1-15-11(14(18)21-2)8-10(16(19)20)12(15)13(17)9-6-4-3-5-7-9/h3-8H,1-2H3. The third-order valence-electron chi connectivity index (χ3n) is 3.06. The summed E-state index contributed by atoms with van der Waals surface area (Å²) in [6.07, 6.45) is 0. The third-order valence-corrected chi connectivity index (χ3v) is 3.06. The molecule has 7 nitrogen and oxygen atoms in total. The van der Waals surface area contributed by atoms with E-state index in [1.807, 2.05) is 0 Å². The van der Waals surface area contributed by atoms with Crippen LogP contribution in [0.2, 0.25) is 0 Å². The second kappa shape index (κ2) is 5.58. The van der Waals surface area contributed by atoms with E-state index in [1.165, 1.54) is 18.7 Å². The quantitative estimate of drug-likeness (QED) is 0.371. The van der Waals surface area contributed by atoms with E-state index in [1.54, 1.807) is 30.3 Å². The number of esters is 1. The minimum atomic E-state index is -0.743. The molecule has 1 aromatic heterocycles. The minimum absolute atomic E-state index is 0.0523. The third kappa shape index (κ3) is 2.53. The topological polar surface area (TPSA) is 91.4 Å². The Hall–Kier alpha value is -2.96. The van der Waals surface area contributed by atoms with Gasteiger partial charge in [0, 0.05) is 18.7 Å². The van der Waals surface area contributed by atoms with E-state index in [-0.39, 0.29) is 11.4 Å². The summed E-state index contributed by atoms with van der Waals surface area (Å²) >= 11 is 0. The summed E-state index contributed by atoms with van der Waals surface area (Å²) in [6, 6.07) is 9.19. The van der Waals surface area contributed by atoms with Gasteiger partial charge in [0.05, 0.1) is 12.0 Å². The van der Waals surface area contributed by atoms with Gasteiger partial charge < -0.3 is 9.30 Å². The summed E-state index contributed by atoms with van der Waals surface area (Å²) in [5, 5.41) is 11.1. The second-order valence-corrected chi connectivity index (χ2v) is 4.27. The van der Waals surface area contributed by atoms with Crippen LogP contribution in [0.15, 0.2) is 36.4 Å². The number of hydrogen-bond acceptors (Lipinski definition) is 5. The number of ether oxygens (including phenoxy) is 1. The molecule has 1 aromatic carbocycles. The molecule has 0 saturated carbocycles. The van der Waals surface area contributed by atoms with Crippen LogP contribution < -0.4 is 0 Å². The van der Waals surface area contributed by atoms with Crippen molar-refractivity contribution in [3.8, 4) is 0 Å². The first-order valence-corrected chi connectivity index (χ1v) is 5.99. The molecular formula is C14H12N2O5. The summed E-state index contributed by atoms with van der Waals surface area (Å²) in [5.41, 5.74) is -0.333. The van der Waals surface area contributed by atoms with Crippen molar-refractivity contribution >= 4 is 17.4 Å². The summed E-state index contributed by atoms with van der Waals surface area (Å²) in [6.45, 7) is 0. The lowest BCUT2D eigenvalue weighted by Gasteiger charge is -2.05. The molecule has 0 spiro atoms. The van der Waals surface area contributed by atoms with Crippen LogP contribution in [0.5, 0.6) is 0 Å². The average Bonchev–Trinajstić information content (AvgIpc) is 2.84. The molecule has 0 amide bonds. The maximum atomic E-state index is 12.4. The molecule has 2 rings (SSSR count). The minimum Gasteiger partial charge on any atom is -0.464 e. The molecule has 21 heavy (non-hydrogen) atoms. The number of benzene rings is 1. The largest absolute Gasteiger partial charge is 0.464 e. The number of ketones is 1. The smallest absolute Gasteiger partial charge is 0.354 e. The highest BCUT2D eigenvalue weighted by Crippen LogP contribution is 2.26. The molecule has 0 fully saturated rings. The number of methoxy groups -OCH3 is 1. The lowest BCUT2D eigenvalue weighted by atomic mass is 10.1. The van der Waals surface area contributed by atoms with E-state index >= 15 is 0 Å². The van der Waals surface area contributed by atoms with E-state index in [9.17, 15) is 19.7 Å². The first kappa shape index (κ1) is 14.4. The molecule has 108 valence electrons. The molecule has 0 unspecified atom stereocenters. The molecule has 0 aliphatic heterocycles. The predicted octanol–water partition coefficient (Wildman–Crippen LogP) is 1.95. The Labute approximate surface area is 119 Å². The molecule has 0 aliphatic rings. The van der Waals surface area contributed by atoms with Crippen molar-refractivity contribution < 1.29 is 19.2 Å². The van der Waals surface area contributed by atoms with E-state index in [2.05, 4.69) is 4.74 Å². The number of carbonyl (C=O) groups excluding carboxylic acids is 2. The first-order chi connectivity index (χ1) is 9.97. The fraction of sp³-hybridized carbons (Fsp3) is 0.143. The van der Waals surface area contributed by atoms with Gasteiger partial charge in [-0.3, -0.25) is 14.9 Å². The van der Waals surface area contributed by atoms with Crippen LogP contribution in [0.3, 0.4) is 0 Å². The second-order valence-electron chi connectivity index (χ2n) is 4.27. The zero-order chi connectivity index (χ0) is 15.6. The molecule has 0 atom stereocenters. The fourth-order valence-corrected chi connectivity index (χ4v) is 2.02. The normalized spacial score (nSPS) is 10.2. The molecule has 7 heteroatoms. The van der Waals surface area contributed by atoms with Gasteiger partial charge in [-0.15, -0.1) is 0 Å². The number of nitrogens with zero attached hydrogens (tertiary/aromatic N) is 2. The van der Waals surface area contributed by atoms with Crippen molar-refractivity contribution in [1.29, 1.82) is 0 Å². The Kier molecular flexibility index (Phi) is 3.84. The summed E-state index contributed by atoms with van der Waals surface area (Å²) < 4.78 is 5.74. The maximum absolute atomic E-state index is 12.4. The van der Waals surface area contributed by atoms with Gasteiger partial charge >= 0.3 is 5.97 Å². The number of carbonyl (C=O) groups is 2. The Morgan fingerprint density at radius 3 is 2.38 bits per heavy atom. The molecule has 0 aliphatic carbocycles. The molecule has 0 N–H and O–H groups in total. The lowest BCUT2D eigenvalue weighted by molar-refractivity contribution is -0.385. The van der Waals surface area contributed by atoms with Crippen molar-refractivity contribution in [3.05, 3.63) is 63.5 Å². The Morgan fingerprint density at radius 1 is 1.24 bits per heavy atom. The first-order valence-electron chi connectivity index (χ1n) is 5.99. The van der Waals surface area contributed by atoms with Crippen LogP contribution in [0.25, 0.3) is 0 Å². The van der Waals surface area contributed by atoms with Crippen molar-refractivity contribution in [3.63, 3.8) is 0 Å². The highest BCUT2D eigenvalue weighted by molar-refractivity contribution is 6.11. The number of hydrogen-bond donors (Lipinski definition) is 0. The van der Waals surface area contributed by atoms with Crippen LogP contribution >= 0.6 is 0 Å². The van der Waals surface area contributed by atoms with Gasteiger partial charge in [-0.2, -0.15) is 0 Å². The van der Waals surface area contributed by atoms with Crippen molar-refractivity contribution in [1.82, 2.24) is 4.57 Å². The van der Waals surface area contributed by atoms with Gasteiger partial charge in [-0.05, 0) is 0 Å². The van der Waals surface area contributed by atoms with Crippen molar-refractivity contribution in [2.45, 2.75) is 0 Å². The highest BCUT2D eigenvalue weighted by atomic mass is 16.6. The molecule has 0 bridgehead atoms. The van der Waals surface area contributed by atoms with Crippen molar-refractivity contribution in [2.24, 2.45) is 7.05 Å². The maximum Gasteiger partial charge on any atom is 0.354 e. The van der Waals surface area contributed by atoms with E-state index in [0.717, 1.165) is 6.07 Å². The van der Waals surface area contributed by atoms with Gasteiger partial charge in [0.1, 0.15) is 5.69 Å². The molecular weight excluding hydrogens is 276 g/mol. The number of rotatable bonds is 4. The summed E-state index contributed by atoms with van der Waals surface area (Å²) in [4.78, 5) is 34.5. The average molecular weight is 288 g/mol. The van der Waals surface area contributed by atoms with Gasteiger partial charge in [-0.1, -0.05) is 30.3 Å². The van der Waals surface area contributed by atoms with Crippen LogP contribution in [-0.2, 0) is 11.8 Å². The number of aromatic nitrogens is 1. The summed E-state index contributed by atoms with van der Waals surface area (Å²) in [7, 11) is 2.58. The van der Waals surface area contributed by atoms with Gasteiger partial charge in [-0.25, -0.2) is 4.79 Å². The summed E-state index contributed by atoms with van der Waals surface area (Å²) in [5.74, 6) is -1.27. The highest BCUT2D eigenvalue weighted by Gasteiger charge is 2.30. The van der Waals surface area contributed by atoms with E-state index in [4.69, 9.17) is 0 Å². The van der Waals surface area contributed by atoms with E-state index < -0.39 is 22.4 Å². The Bertz CT molecular complexity index is 718. The molecule has 0 radical (unpaired) electrons. The zero-order valence-corrected chi connectivity index (χ0v) is 11.4. The Morgan fingerprint density at radius 2 is 1.86 bits per heavy atom. The number of nitro groups is 1. The molecule has 0 saturated heterocycles. The van der Waals surface area contributed by atoms with Gasteiger partial charge in [0.25, 0.3) is 5.69 Å². The fourth-order valence-electron chi connectivity index (χ4n) is 2.02. The van der Waals surface area contributed by atoms with Crippen molar-refractivity contribution in [2.75, 3.05) is 7.11 Å². The predicted molar refractivity (Wildman–Crippen MR) is 73.3 cm³/mol. The van der Waals surface area contributed by atoms with Gasteiger partial charge in [0.2, 0.25) is 5.78 Å². The van der Waals surface area contributed by atoms with Crippen LogP contribution in [0.4, 0.5) is 5.69 Å². The van der Waals surface area contributed by atoms with E-state index in [0.29, 0.717) is 5.56 Å². The van der Waals surface area contributed by atoms with Crippen LogP contribution in [0.1, 0.15) is 26.5 Å². The molecule has 2 aromatic rings. The van der Waals surface area contributed by atoms with Crippen LogP contribution in [-0.4, -0.2) is 28.4 Å². The SMILES string of the molecule is COC(=O)c1cc([N+](=O)[O-])c(C(=O)c2ccccc2)n1C. The lowest BCUT2D eigenvalue weighted by Crippen LogP contribution is -2.13. The zero-order valence-electron chi connectivity index (χ0n) is 11.4. The molecule has 1 heterocycles. The van der Waals surface area contributed by atoms with Gasteiger partial charge in [0.15, 0.2) is 5.69 Å². The monoisotopic (exact) mass is 288 g/mol. The van der Waals surface area contributed by atoms with Crippen LogP contribution in [0, 0.1) is 10.1 Å². The Balaban J connectivity index is 2.62.